The van der Waals surface area contributed by atoms with Gasteiger partial charge in [-0.1, -0.05) is 59.6 Å². The third-order valence-corrected chi connectivity index (χ3v) is 6.17. The van der Waals surface area contributed by atoms with Crippen LogP contribution in [0.15, 0.2) is 48.5 Å². The van der Waals surface area contributed by atoms with Crippen LogP contribution in [0.25, 0.3) is 0 Å². The van der Waals surface area contributed by atoms with Crippen molar-refractivity contribution in [3.05, 3.63) is 69.7 Å². The van der Waals surface area contributed by atoms with Crippen molar-refractivity contribution in [3.63, 3.8) is 0 Å². The minimum absolute atomic E-state index is 0.495. The highest BCUT2D eigenvalue weighted by Gasteiger charge is 2.25. The summed E-state index contributed by atoms with van der Waals surface area (Å²) >= 11 is 12.2. The van der Waals surface area contributed by atoms with Gasteiger partial charge in [-0.15, -0.1) is 0 Å². The summed E-state index contributed by atoms with van der Waals surface area (Å²) in [6, 6.07) is 17.4. The predicted molar refractivity (Wildman–Crippen MR) is 112 cm³/mol. The fraction of sp³-hybridized carbons (Fsp3) is 0.455. The van der Waals surface area contributed by atoms with Gasteiger partial charge in [-0.05, 0) is 75.0 Å². The molecular weight excluding hydrogens is 363 g/mol. The van der Waals surface area contributed by atoms with E-state index in [1.54, 1.807) is 0 Å². The highest BCUT2D eigenvalue weighted by molar-refractivity contribution is 6.42. The minimum Gasteiger partial charge on any atom is -0.318 e. The lowest BCUT2D eigenvalue weighted by atomic mass is 9.89. The van der Waals surface area contributed by atoms with Crippen LogP contribution in [0, 0.1) is 5.92 Å². The zero-order valence-corrected chi connectivity index (χ0v) is 16.9. The van der Waals surface area contributed by atoms with E-state index in [1.807, 2.05) is 19.2 Å². The van der Waals surface area contributed by atoms with Crippen molar-refractivity contribution in [2.45, 2.75) is 31.7 Å². The van der Waals surface area contributed by atoms with Gasteiger partial charge in [0.1, 0.15) is 0 Å². The smallest absolute Gasteiger partial charge is 0.0595 e. The van der Waals surface area contributed by atoms with Crippen molar-refractivity contribution in [1.82, 2.24) is 10.2 Å². The molecule has 1 unspecified atom stereocenters. The van der Waals surface area contributed by atoms with E-state index < -0.39 is 0 Å². The van der Waals surface area contributed by atoms with E-state index in [2.05, 4.69) is 46.6 Å². The van der Waals surface area contributed by atoms with Crippen molar-refractivity contribution in [1.29, 1.82) is 0 Å². The van der Waals surface area contributed by atoms with Gasteiger partial charge in [-0.2, -0.15) is 0 Å². The summed E-state index contributed by atoms with van der Waals surface area (Å²) in [6.07, 6.45) is 4.76. The van der Waals surface area contributed by atoms with Gasteiger partial charge >= 0.3 is 0 Å². The summed E-state index contributed by atoms with van der Waals surface area (Å²) in [5, 5.41) is 4.64. The number of piperidine rings is 1. The molecule has 1 heterocycles. The van der Waals surface area contributed by atoms with Crippen molar-refractivity contribution in [2.75, 3.05) is 26.7 Å². The summed E-state index contributed by atoms with van der Waals surface area (Å²) in [5.41, 5.74) is 2.72. The maximum atomic E-state index is 6.20. The summed E-state index contributed by atoms with van der Waals surface area (Å²) in [6.45, 7) is 3.33. The summed E-state index contributed by atoms with van der Waals surface area (Å²) in [4.78, 5) is 2.64. The van der Waals surface area contributed by atoms with Crippen LogP contribution < -0.4 is 5.32 Å². The van der Waals surface area contributed by atoms with Crippen molar-refractivity contribution in [2.24, 2.45) is 5.92 Å². The first kappa shape index (κ1) is 19.7. The Kier molecular flexibility index (Phi) is 7.39. The Balaban J connectivity index is 1.56. The summed E-state index contributed by atoms with van der Waals surface area (Å²) < 4.78 is 0. The molecule has 0 radical (unpaired) electrons. The van der Waals surface area contributed by atoms with Gasteiger partial charge in [0.05, 0.1) is 10.0 Å². The lowest BCUT2D eigenvalue weighted by Crippen LogP contribution is -2.47. The first-order valence-corrected chi connectivity index (χ1v) is 10.3. The Morgan fingerprint density at radius 2 is 1.73 bits per heavy atom. The van der Waals surface area contributed by atoms with E-state index in [1.165, 1.54) is 43.5 Å². The lowest BCUT2D eigenvalue weighted by Gasteiger charge is -2.38. The van der Waals surface area contributed by atoms with Crippen LogP contribution in [0.3, 0.4) is 0 Å². The first-order valence-electron chi connectivity index (χ1n) is 9.52. The summed E-state index contributed by atoms with van der Waals surface area (Å²) in [5.74, 6) is 0.800. The maximum Gasteiger partial charge on any atom is 0.0595 e. The molecule has 1 saturated heterocycles. The van der Waals surface area contributed by atoms with Gasteiger partial charge in [-0.25, -0.2) is 0 Å². The lowest BCUT2D eigenvalue weighted by molar-refractivity contribution is 0.130. The molecule has 0 aliphatic carbocycles. The van der Waals surface area contributed by atoms with E-state index in [4.69, 9.17) is 23.2 Å². The quantitative estimate of drug-likeness (QED) is 0.708. The number of halogens is 2. The normalized spacial score (nSPS) is 17.3. The van der Waals surface area contributed by atoms with E-state index in [9.17, 15) is 0 Å². The number of likely N-dealkylation sites (tertiary alicyclic amines) is 1. The van der Waals surface area contributed by atoms with Gasteiger partial charge in [0, 0.05) is 12.6 Å². The van der Waals surface area contributed by atoms with Crippen LogP contribution in [-0.4, -0.2) is 37.6 Å². The van der Waals surface area contributed by atoms with Crippen LogP contribution in [0.2, 0.25) is 10.0 Å². The van der Waals surface area contributed by atoms with Gasteiger partial charge in [0.15, 0.2) is 0 Å². The molecule has 26 heavy (non-hydrogen) atoms. The van der Waals surface area contributed by atoms with Crippen LogP contribution >= 0.6 is 23.2 Å². The molecule has 1 fully saturated rings. The minimum atomic E-state index is 0.495. The van der Waals surface area contributed by atoms with Gasteiger partial charge in [0.25, 0.3) is 0 Å². The third-order valence-electron chi connectivity index (χ3n) is 5.43. The molecule has 0 aromatic heterocycles. The Labute approximate surface area is 167 Å². The molecule has 0 amide bonds. The van der Waals surface area contributed by atoms with E-state index in [0.717, 1.165) is 18.9 Å². The highest BCUT2D eigenvalue weighted by Crippen LogP contribution is 2.26. The molecule has 0 bridgehead atoms. The number of likely N-dealkylation sites (N-methyl/N-ethyl adjacent to an activating group) is 1. The molecule has 1 atom stereocenters. The molecule has 4 heteroatoms. The average Bonchev–Trinajstić information content (AvgIpc) is 2.66. The molecule has 2 aromatic rings. The molecule has 1 aliphatic heterocycles. The molecule has 2 nitrogen and oxygen atoms in total. The molecule has 2 aromatic carbocycles. The van der Waals surface area contributed by atoms with Crippen LogP contribution in [0.4, 0.5) is 0 Å². The standard InChI is InChI=1S/C22H28Cl2N2/c1-25-16-20(14-19-7-8-21(23)22(24)15-19)26-11-9-18(10-12-26)13-17-5-3-2-4-6-17/h2-8,15,18,20,25H,9-14,16H2,1H3. The Hall–Kier alpha value is -1.06. The molecule has 0 spiro atoms. The molecule has 1 N–H and O–H groups in total. The van der Waals surface area contributed by atoms with Gasteiger partial charge in [0.2, 0.25) is 0 Å². The van der Waals surface area contributed by atoms with E-state index in [0.29, 0.717) is 16.1 Å². The van der Waals surface area contributed by atoms with Crippen molar-refractivity contribution in [3.8, 4) is 0 Å². The Morgan fingerprint density at radius 3 is 2.38 bits per heavy atom. The second-order valence-electron chi connectivity index (χ2n) is 7.33. The van der Waals surface area contributed by atoms with Crippen molar-refractivity contribution < 1.29 is 0 Å². The first-order chi connectivity index (χ1) is 12.7. The van der Waals surface area contributed by atoms with Gasteiger partial charge in [-0.3, -0.25) is 4.90 Å². The van der Waals surface area contributed by atoms with Crippen LogP contribution in [-0.2, 0) is 12.8 Å². The third kappa shape index (κ3) is 5.47. The largest absolute Gasteiger partial charge is 0.318 e. The Morgan fingerprint density at radius 1 is 1.00 bits per heavy atom. The van der Waals surface area contributed by atoms with E-state index in [-0.39, 0.29) is 0 Å². The number of nitrogens with one attached hydrogen (secondary N) is 1. The molecular formula is C22H28Cl2N2. The zero-order chi connectivity index (χ0) is 18.4. The van der Waals surface area contributed by atoms with Crippen LogP contribution in [0.5, 0.6) is 0 Å². The fourth-order valence-corrected chi connectivity index (χ4v) is 4.29. The molecule has 3 rings (SSSR count). The predicted octanol–water partition coefficient (Wildman–Crippen LogP) is 5.08. The van der Waals surface area contributed by atoms with Crippen molar-refractivity contribution >= 4 is 23.2 Å². The Bertz CT molecular complexity index is 682. The SMILES string of the molecule is CNCC(Cc1ccc(Cl)c(Cl)c1)N1CCC(Cc2ccccc2)CC1. The molecule has 140 valence electrons. The molecule has 1 aliphatic rings. The number of benzene rings is 2. The van der Waals surface area contributed by atoms with E-state index >= 15 is 0 Å². The number of hydrogen-bond acceptors (Lipinski definition) is 2. The molecule has 0 saturated carbocycles. The fourth-order valence-electron chi connectivity index (χ4n) is 3.97. The highest BCUT2D eigenvalue weighted by atomic mass is 35.5. The average molecular weight is 391 g/mol. The zero-order valence-electron chi connectivity index (χ0n) is 15.4. The second-order valence-corrected chi connectivity index (χ2v) is 8.15. The van der Waals surface area contributed by atoms with Gasteiger partial charge < -0.3 is 5.32 Å². The summed E-state index contributed by atoms with van der Waals surface area (Å²) in [7, 11) is 2.03. The topological polar surface area (TPSA) is 15.3 Å². The monoisotopic (exact) mass is 390 g/mol. The maximum absolute atomic E-state index is 6.20. The number of hydrogen-bond donors (Lipinski definition) is 1. The second kappa shape index (κ2) is 9.75. The van der Waals surface area contributed by atoms with Crippen LogP contribution in [0.1, 0.15) is 24.0 Å². The number of rotatable bonds is 7. The number of nitrogens with zero attached hydrogens (tertiary/aromatic N) is 1.